The highest BCUT2D eigenvalue weighted by Gasteiger charge is 2.17. The highest BCUT2D eigenvalue weighted by molar-refractivity contribution is 7.89. The van der Waals surface area contributed by atoms with E-state index >= 15 is 0 Å². The Morgan fingerprint density at radius 2 is 1.67 bits per heavy atom. The van der Waals surface area contributed by atoms with E-state index in [-0.39, 0.29) is 10.5 Å². The van der Waals surface area contributed by atoms with Crippen LogP contribution >= 0.6 is 11.6 Å². The molecule has 0 radical (unpaired) electrons. The maximum absolute atomic E-state index is 12.2. The lowest BCUT2D eigenvalue weighted by Crippen LogP contribution is -2.31. The topological polar surface area (TPSA) is 125 Å². The van der Waals surface area contributed by atoms with Gasteiger partial charge in [-0.05, 0) is 48.5 Å². The second-order valence-electron chi connectivity index (χ2n) is 6.35. The lowest BCUT2D eigenvalue weighted by molar-refractivity contribution is 0.430. The Morgan fingerprint density at radius 1 is 1.07 bits per heavy atom. The normalized spacial score (nSPS) is 12.0. The average Bonchev–Trinajstić information content (AvgIpc) is 2.69. The molecule has 3 rings (SSSR count). The minimum absolute atomic E-state index is 0.0865. The van der Waals surface area contributed by atoms with Gasteiger partial charge in [0.1, 0.15) is 5.56 Å². The van der Waals surface area contributed by atoms with Crippen molar-refractivity contribution in [2.24, 2.45) is 4.99 Å². The molecule has 0 saturated heterocycles. The standard InChI is InChI=1S/C19H17ClN4O5S/c1-23(2)30(28,29)15-9-5-13(6-10-15)21-11-16-17(25)22-19(27)24(18(16)26)14-7-3-12(20)4-8-14/h3-11,26H,1-2H3,(H,22,25,27). The summed E-state index contributed by atoms with van der Waals surface area (Å²) in [6.07, 6.45) is 1.09. The van der Waals surface area contributed by atoms with Crippen LogP contribution in [0.2, 0.25) is 5.02 Å². The number of aromatic nitrogens is 2. The molecule has 0 bridgehead atoms. The Balaban J connectivity index is 2.00. The molecule has 0 aliphatic rings. The summed E-state index contributed by atoms with van der Waals surface area (Å²) in [6, 6.07) is 11.7. The first-order valence-corrected chi connectivity index (χ1v) is 10.3. The number of halogens is 1. The minimum Gasteiger partial charge on any atom is -0.493 e. The van der Waals surface area contributed by atoms with Gasteiger partial charge < -0.3 is 5.11 Å². The summed E-state index contributed by atoms with van der Waals surface area (Å²) in [5, 5.41) is 10.9. The Morgan fingerprint density at radius 3 is 2.23 bits per heavy atom. The third kappa shape index (κ3) is 4.20. The number of aromatic hydroxyl groups is 1. The highest BCUT2D eigenvalue weighted by Crippen LogP contribution is 2.20. The number of rotatable bonds is 5. The smallest absolute Gasteiger partial charge is 0.335 e. The fourth-order valence-electron chi connectivity index (χ4n) is 2.54. The number of nitrogens with zero attached hydrogens (tertiary/aromatic N) is 3. The number of aromatic amines is 1. The summed E-state index contributed by atoms with van der Waals surface area (Å²) in [5.74, 6) is -0.596. The average molecular weight is 449 g/mol. The van der Waals surface area contributed by atoms with Gasteiger partial charge in [0.2, 0.25) is 15.9 Å². The zero-order chi connectivity index (χ0) is 22.1. The van der Waals surface area contributed by atoms with Crippen LogP contribution in [0.3, 0.4) is 0 Å². The third-order valence-corrected chi connectivity index (χ3v) is 6.25. The molecule has 0 atom stereocenters. The first-order chi connectivity index (χ1) is 14.1. The van der Waals surface area contributed by atoms with Crippen molar-refractivity contribution in [1.29, 1.82) is 0 Å². The maximum atomic E-state index is 12.2. The van der Waals surface area contributed by atoms with E-state index < -0.39 is 27.2 Å². The fraction of sp³-hybridized carbons (Fsp3) is 0.105. The van der Waals surface area contributed by atoms with Crippen LogP contribution in [0.1, 0.15) is 5.56 Å². The lowest BCUT2D eigenvalue weighted by Gasteiger charge is -2.11. The van der Waals surface area contributed by atoms with Gasteiger partial charge in [0.05, 0.1) is 16.3 Å². The lowest BCUT2D eigenvalue weighted by atomic mass is 10.3. The van der Waals surface area contributed by atoms with Crippen LogP contribution in [0.5, 0.6) is 5.88 Å². The summed E-state index contributed by atoms with van der Waals surface area (Å²) in [7, 11) is -0.734. The molecule has 156 valence electrons. The predicted octanol–water partition coefficient (Wildman–Crippen LogP) is 1.89. The van der Waals surface area contributed by atoms with Crippen molar-refractivity contribution in [3.05, 3.63) is 80.0 Å². The molecule has 30 heavy (non-hydrogen) atoms. The van der Waals surface area contributed by atoms with Gasteiger partial charge in [0.15, 0.2) is 0 Å². The SMILES string of the molecule is CN(C)S(=O)(=O)c1ccc(N=Cc2c(O)n(-c3ccc(Cl)cc3)c(=O)[nH]c2=O)cc1. The molecule has 0 amide bonds. The molecule has 0 spiro atoms. The summed E-state index contributed by atoms with van der Waals surface area (Å²) >= 11 is 5.84. The van der Waals surface area contributed by atoms with E-state index in [2.05, 4.69) is 9.98 Å². The van der Waals surface area contributed by atoms with Crippen molar-refractivity contribution in [1.82, 2.24) is 13.9 Å². The summed E-state index contributed by atoms with van der Waals surface area (Å²) < 4.78 is 26.2. The molecule has 1 aromatic heterocycles. The van der Waals surface area contributed by atoms with Crippen molar-refractivity contribution >= 4 is 33.5 Å². The van der Waals surface area contributed by atoms with Gasteiger partial charge in [0, 0.05) is 25.3 Å². The maximum Gasteiger partial charge on any atom is 0.335 e. The van der Waals surface area contributed by atoms with E-state index in [0.717, 1.165) is 15.1 Å². The van der Waals surface area contributed by atoms with E-state index in [1.807, 2.05) is 0 Å². The largest absolute Gasteiger partial charge is 0.493 e. The minimum atomic E-state index is -3.58. The van der Waals surface area contributed by atoms with Crippen LogP contribution in [0.4, 0.5) is 5.69 Å². The first kappa shape index (κ1) is 21.5. The van der Waals surface area contributed by atoms with Crippen LogP contribution in [0.25, 0.3) is 5.69 Å². The van der Waals surface area contributed by atoms with Crippen molar-refractivity contribution in [3.63, 3.8) is 0 Å². The highest BCUT2D eigenvalue weighted by atomic mass is 35.5. The Hall–Kier alpha value is -3.21. The Kier molecular flexibility index (Phi) is 5.92. The molecule has 9 nitrogen and oxygen atoms in total. The summed E-state index contributed by atoms with van der Waals surface area (Å²) in [6.45, 7) is 0. The molecule has 1 heterocycles. The number of H-pyrrole nitrogens is 1. The molecule has 0 aliphatic carbocycles. The second-order valence-corrected chi connectivity index (χ2v) is 8.94. The Labute approximate surface area is 176 Å². The molecule has 2 aromatic carbocycles. The predicted molar refractivity (Wildman–Crippen MR) is 114 cm³/mol. The van der Waals surface area contributed by atoms with Gasteiger partial charge in [-0.2, -0.15) is 0 Å². The number of sulfonamides is 1. The summed E-state index contributed by atoms with van der Waals surface area (Å²) in [4.78, 5) is 30.6. The van der Waals surface area contributed by atoms with Crippen LogP contribution in [-0.4, -0.2) is 47.7 Å². The van der Waals surface area contributed by atoms with Crippen LogP contribution in [0, 0.1) is 0 Å². The Bertz CT molecular complexity index is 1330. The molecule has 0 unspecified atom stereocenters. The number of benzene rings is 2. The van der Waals surface area contributed by atoms with Crippen molar-refractivity contribution in [2.75, 3.05) is 14.1 Å². The van der Waals surface area contributed by atoms with Gasteiger partial charge in [0.25, 0.3) is 5.56 Å². The van der Waals surface area contributed by atoms with E-state index in [4.69, 9.17) is 11.6 Å². The zero-order valence-electron chi connectivity index (χ0n) is 15.9. The van der Waals surface area contributed by atoms with Crippen LogP contribution in [-0.2, 0) is 10.0 Å². The molecule has 2 N–H and O–H groups in total. The van der Waals surface area contributed by atoms with Gasteiger partial charge in [-0.25, -0.2) is 22.1 Å². The van der Waals surface area contributed by atoms with Crippen molar-refractivity contribution in [3.8, 4) is 11.6 Å². The number of hydrogen-bond acceptors (Lipinski definition) is 6. The van der Waals surface area contributed by atoms with Gasteiger partial charge in [-0.15, -0.1) is 0 Å². The van der Waals surface area contributed by atoms with E-state index in [9.17, 15) is 23.1 Å². The molecule has 0 saturated carbocycles. The quantitative estimate of drug-likeness (QED) is 0.576. The fourth-order valence-corrected chi connectivity index (χ4v) is 3.57. The van der Waals surface area contributed by atoms with E-state index in [1.54, 1.807) is 0 Å². The molecule has 0 aliphatic heterocycles. The molecule has 0 fully saturated rings. The monoisotopic (exact) mass is 448 g/mol. The number of aliphatic imine (C=N–C) groups is 1. The van der Waals surface area contributed by atoms with Crippen molar-refractivity contribution < 1.29 is 13.5 Å². The van der Waals surface area contributed by atoms with Crippen molar-refractivity contribution in [2.45, 2.75) is 4.90 Å². The molecular formula is C19H17ClN4O5S. The molecular weight excluding hydrogens is 432 g/mol. The molecule has 3 aromatic rings. The van der Waals surface area contributed by atoms with Crippen LogP contribution in [0.15, 0.2) is 68.0 Å². The van der Waals surface area contributed by atoms with Gasteiger partial charge in [-0.1, -0.05) is 11.6 Å². The van der Waals surface area contributed by atoms with Crippen LogP contribution < -0.4 is 11.2 Å². The van der Waals surface area contributed by atoms with E-state index in [0.29, 0.717) is 16.4 Å². The zero-order valence-corrected chi connectivity index (χ0v) is 17.5. The van der Waals surface area contributed by atoms with Gasteiger partial charge >= 0.3 is 5.69 Å². The van der Waals surface area contributed by atoms with E-state index in [1.165, 1.54) is 62.6 Å². The summed E-state index contributed by atoms with van der Waals surface area (Å²) in [5.41, 5.74) is -1.25. The number of nitrogens with one attached hydrogen (secondary N) is 1. The first-order valence-electron chi connectivity index (χ1n) is 8.52. The third-order valence-electron chi connectivity index (χ3n) is 4.16. The number of hydrogen-bond donors (Lipinski definition) is 2. The molecule has 11 heteroatoms. The second kappa shape index (κ2) is 8.27. The van der Waals surface area contributed by atoms with Gasteiger partial charge in [-0.3, -0.25) is 14.8 Å².